The summed E-state index contributed by atoms with van der Waals surface area (Å²) < 4.78 is 5.48. The minimum Gasteiger partial charge on any atom is -0.496 e. The first-order valence-electron chi connectivity index (χ1n) is 7.48. The molecule has 2 saturated carbocycles. The van der Waals surface area contributed by atoms with Gasteiger partial charge in [0.1, 0.15) is 17.5 Å². The minimum absolute atomic E-state index is 0.0218. The molecule has 3 fully saturated rings. The molecule has 106 valence electrons. The molecule has 0 aromatic heterocycles. The van der Waals surface area contributed by atoms with Crippen LogP contribution in [0.5, 0.6) is 5.75 Å². The van der Waals surface area contributed by atoms with Crippen molar-refractivity contribution < 1.29 is 9.53 Å². The van der Waals surface area contributed by atoms with E-state index in [1.54, 1.807) is 7.11 Å². The molecule has 1 spiro atoms. The number of amides is 1. The smallest absolute Gasteiger partial charge is 0.244 e. The summed E-state index contributed by atoms with van der Waals surface area (Å²) in [5.41, 5.74) is 0.820. The first kappa shape index (κ1) is 12.2. The van der Waals surface area contributed by atoms with E-state index in [9.17, 15) is 4.79 Å². The van der Waals surface area contributed by atoms with E-state index in [0.29, 0.717) is 11.9 Å². The van der Waals surface area contributed by atoms with Crippen molar-refractivity contribution in [2.45, 2.75) is 49.9 Å². The van der Waals surface area contributed by atoms with Crippen molar-refractivity contribution in [1.82, 2.24) is 10.2 Å². The van der Waals surface area contributed by atoms with Gasteiger partial charge in [0, 0.05) is 11.6 Å². The molecule has 0 bridgehead atoms. The number of para-hydroxylation sites is 1. The first-order chi connectivity index (χ1) is 9.75. The second-order valence-electron chi connectivity index (χ2n) is 6.17. The van der Waals surface area contributed by atoms with E-state index in [2.05, 4.69) is 16.3 Å². The van der Waals surface area contributed by atoms with Crippen molar-refractivity contribution in [2.24, 2.45) is 0 Å². The van der Waals surface area contributed by atoms with Crippen LogP contribution in [0.25, 0.3) is 0 Å². The SMILES string of the molecule is COc1ccccc1C1NC2(CC2)C(=O)N1C1CCC1. The highest BCUT2D eigenvalue weighted by atomic mass is 16.5. The summed E-state index contributed by atoms with van der Waals surface area (Å²) in [6.45, 7) is 0. The Kier molecular flexibility index (Phi) is 2.58. The molecule has 1 unspecified atom stereocenters. The van der Waals surface area contributed by atoms with E-state index in [-0.39, 0.29) is 11.7 Å². The van der Waals surface area contributed by atoms with Gasteiger partial charge in [-0.2, -0.15) is 0 Å². The van der Waals surface area contributed by atoms with Gasteiger partial charge in [-0.25, -0.2) is 0 Å². The number of carbonyl (C=O) groups is 1. The number of nitrogens with one attached hydrogen (secondary N) is 1. The molecule has 0 radical (unpaired) electrons. The van der Waals surface area contributed by atoms with Crippen LogP contribution in [-0.4, -0.2) is 29.5 Å². The van der Waals surface area contributed by atoms with Crippen molar-refractivity contribution in [3.63, 3.8) is 0 Å². The van der Waals surface area contributed by atoms with Gasteiger partial charge in [0.2, 0.25) is 5.91 Å². The quantitative estimate of drug-likeness (QED) is 0.917. The summed E-state index contributed by atoms with van der Waals surface area (Å²) >= 11 is 0. The van der Waals surface area contributed by atoms with E-state index >= 15 is 0 Å². The van der Waals surface area contributed by atoms with Gasteiger partial charge in [-0.05, 0) is 38.2 Å². The molecule has 4 rings (SSSR count). The molecule has 1 aliphatic heterocycles. The predicted octanol–water partition coefficient (Wildman–Crippen LogP) is 2.21. The van der Waals surface area contributed by atoms with Gasteiger partial charge < -0.3 is 9.64 Å². The highest BCUT2D eigenvalue weighted by molar-refractivity contribution is 5.92. The monoisotopic (exact) mass is 272 g/mol. The van der Waals surface area contributed by atoms with Crippen molar-refractivity contribution in [3.05, 3.63) is 29.8 Å². The first-order valence-corrected chi connectivity index (χ1v) is 7.48. The summed E-state index contributed by atoms with van der Waals surface area (Å²) in [4.78, 5) is 14.8. The fraction of sp³-hybridized carbons (Fsp3) is 0.562. The lowest BCUT2D eigenvalue weighted by Crippen LogP contribution is -2.44. The maximum atomic E-state index is 12.7. The molecule has 1 heterocycles. The Morgan fingerprint density at radius 2 is 2.05 bits per heavy atom. The molecule has 1 saturated heterocycles. The van der Waals surface area contributed by atoms with E-state index in [1.165, 1.54) is 6.42 Å². The van der Waals surface area contributed by atoms with Crippen molar-refractivity contribution in [1.29, 1.82) is 0 Å². The summed E-state index contributed by atoms with van der Waals surface area (Å²) in [5.74, 6) is 1.16. The Morgan fingerprint density at radius 1 is 1.30 bits per heavy atom. The number of ether oxygens (including phenoxy) is 1. The molecule has 1 N–H and O–H groups in total. The van der Waals surface area contributed by atoms with E-state index in [1.807, 2.05) is 18.2 Å². The minimum atomic E-state index is -0.263. The Morgan fingerprint density at radius 3 is 2.65 bits per heavy atom. The standard InChI is InChI=1S/C16H20N2O2/c1-20-13-8-3-2-7-12(13)14-17-16(9-10-16)15(19)18(14)11-5-4-6-11/h2-3,7-8,11,14,17H,4-6,9-10H2,1H3. The van der Waals surface area contributed by atoms with Crippen molar-refractivity contribution in [3.8, 4) is 5.75 Å². The fourth-order valence-corrected chi connectivity index (χ4v) is 3.40. The fourth-order valence-electron chi connectivity index (χ4n) is 3.40. The molecule has 2 aliphatic carbocycles. The van der Waals surface area contributed by atoms with Crippen LogP contribution in [0, 0.1) is 0 Å². The van der Waals surface area contributed by atoms with Gasteiger partial charge in [-0.3, -0.25) is 10.1 Å². The Bertz CT molecular complexity index is 549. The Balaban J connectivity index is 1.73. The average Bonchev–Trinajstić information content (AvgIpc) is 3.15. The van der Waals surface area contributed by atoms with Gasteiger partial charge in [-0.15, -0.1) is 0 Å². The maximum absolute atomic E-state index is 12.7. The lowest BCUT2D eigenvalue weighted by Gasteiger charge is -2.38. The molecule has 4 heteroatoms. The number of nitrogens with zero attached hydrogens (tertiary/aromatic N) is 1. The Hall–Kier alpha value is -1.55. The number of hydrogen-bond donors (Lipinski definition) is 1. The summed E-state index contributed by atoms with van der Waals surface area (Å²) in [7, 11) is 1.69. The summed E-state index contributed by atoms with van der Waals surface area (Å²) in [5, 5.41) is 3.58. The van der Waals surface area contributed by atoms with E-state index < -0.39 is 0 Å². The third kappa shape index (κ3) is 1.61. The zero-order chi connectivity index (χ0) is 13.7. The second-order valence-corrected chi connectivity index (χ2v) is 6.17. The normalized spacial score (nSPS) is 27.8. The highest BCUT2D eigenvalue weighted by Crippen LogP contribution is 2.49. The van der Waals surface area contributed by atoms with Gasteiger partial charge in [-0.1, -0.05) is 18.2 Å². The van der Waals surface area contributed by atoms with Crippen LogP contribution in [0.4, 0.5) is 0 Å². The maximum Gasteiger partial charge on any atom is 0.244 e. The highest BCUT2D eigenvalue weighted by Gasteiger charge is 2.61. The van der Waals surface area contributed by atoms with Gasteiger partial charge in [0.05, 0.1) is 7.11 Å². The average molecular weight is 272 g/mol. The number of rotatable bonds is 3. The third-order valence-corrected chi connectivity index (χ3v) is 4.99. The second kappa shape index (κ2) is 4.22. The van der Waals surface area contributed by atoms with Crippen LogP contribution in [-0.2, 0) is 4.79 Å². The van der Waals surface area contributed by atoms with Gasteiger partial charge in [0.25, 0.3) is 0 Å². The summed E-state index contributed by atoms with van der Waals surface area (Å²) in [6.07, 6.45) is 5.43. The van der Waals surface area contributed by atoms with E-state index in [0.717, 1.165) is 37.0 Å². The van der Waals surface area contributed by atoms with Crippen LogP contribution in [0.1, 0.15) is 43.8 Å². The van der Waals surface area contributed by atoms with Crippen molar-refractivity contribution in [2.75, 3.05) is 7.11 Å². The van der Waals surface area contributed by atoms with Gasteiger partial charge in [0.15, 0.2) is 0 Å². The van der Waals surface area contributed by atoms with Crippen LogP contribution < -0.4 is 10.1 Å². The predicted molar refractivity (Wildman–Crippen MR) is 75.3 cm³/mol. The lowest BCUT2D eigenvalue weighted by atomic mass is 9.90. The Labute approximate surface area is 119 Å². The molecule has 1 amide bonds. The number of benzene rings is 1. The molecule has 3 aliphatic rings. The van der Waals surface area contributed by atoms with Crippen LogP contribution in [0.3, 0.4) is 0 Å². The van der Waals surface area contributed by atoms with Crippen LogP contribution in [0.15, 0.2) is 24.3 Å². The molecular formula is C16H20N2O2. The zero-order valence-corrected chi connectivity index (χ0v) is 11.8. The molecule has 20 heavy (non-hydrogen) atoms. The number of carbonyl (C=O) groups excluding carboxylic acids is 1. The van der Waals surface area contributed by atoms with E-state index in [4.69, 9.17) is 4.74 Å². The molecule has 4 nitrogen and oxygen atoms in total. The molecular weight excluding hydrogens is 252 g/mol. The lowest BCUT2D eigenvalue weighted by molar-refractivity contribution is -0.134. The zero-order valence-electron chi connectivity index (χ0n) is 11.8. The van der Waals surface area contributed by atoms with Crippen LogP contribution >= 0.6 is 0 Å². The topological polar surface area (TPSA) is 41.6 Å². The largest absolute Gasteiger partial charge is 0.496 e. The third-order valence-electron chi connectivity index (χ3n) is 4.99. The van der Waals surface area contributed by atoms with Crippen molar-refractivity contribution >= 4 is 5.91 Å². The van der Waals surface area contributed by atoms with Crippen LogP contribution in [0.2, 0.25) is 0 Å². The molecule has 1 aromatic rings. The molecule has 1 aromatic carbocycles. The summed E-state index contributed by atoms with van der Waals surface area (Å²) in [6, 6.07) is 8.43. The number of methoxy groups -OCH3 is 1. The number of hydrogen-bond acceptors (Lipinski definition) is 3. The molecule has 1 atom stereocenters. The van der Waals surface area contributed by atoms with Gasteiger partial charge >= 0.3 is 0 Å².